The Morgan fingerprint density at radius 3 is 2.58 bits per heavy atom. The van der Waals surface area contributed by atoms with E-state index in [4.69, 9.17) is 5.73 Å². The standard InChI is InChI=1S/C18H13F4N3O/c19-15-8-11(4-5-14(15)18(20,21)22)10-25(17(23)26)16-3-1-2-12-9-24-7-6-13(12)16/h1-9H,10H2,(H2,23,26). The molecule has 2 N–H and O–H groups in total. The monoisotopic (exact) mass is 363 g/mol. The molecule has 0 radical (unpaired) electrons. The highest BCUT2D eigenvalue weighted by atomic mass is 19.4. The number of aromatic nitrogens is 1. The Bertz CT molecular complexity index is 967. The SMILES string of the molecule is NC(=O)N(Cc1ccc(C(F)(F)F)c(F)c1)c1cccc2cnccc12. The Labute approximate surface area is 145 Å². The van der Waals surface area contributed by atoms with Gasteiger partial charge in [-0.15, -0.1) is 0 Å². The Morgan fingerprint density at radius 2 is 1.92 bits per heavy atom. The van der Waals surface area contributed by atoms with Crippen molar-refractivity contribution in [2.24, 2.45) is 5.73 Å². The number of halogens is 4. The van der Waals surface area contributed by atoms with Gasteiger partial charge in [0.25, 0.3) is 0 Å². The van der Waals surface area contributed by atoms with E-state index in [0.29, 0.717) is 17.1 Å². The van der Waals surface area contributed by atoms with Crippen molar-refractivity contribution in [3.8, 4) is 0 Å². The highest BCUT2D eigenvalue weighted by Crippen LogP contribution is 2.32. The normalized spacial score (nSPS) is 11.5. The van der Waals surface area contributed by atoms with Gasteiger partial charge in [-0.05, 0) is 29.8 Å². The van der Waals surface area contributed by atoms with Crippen LogP contribution in [0.5, 0.6) is 0 Å². The van der Waals surface area contributed by atoms with E-state index in [1.54, 1.807) is 36.7 Å². The molecule has 134 valence electrons. The number of anilines is 1. The minimum atomic E-state index is -4.78. The maximum absolute atomic E-state index is 13.8. The van der Waals surface area contributed by atoms with Crippen molar-refractivity contribution in [1.82, 2.24) is 4.98 Å². The van der Waals surface area contributed by atoms with E-state index in [1.807, 2.05) is 0 Å². The maximum atomic E-state index is 13.8. The number of carbonyl (C=O) groups is 1. The van der Waals surface area contributed by atoms with Crippen molar-refractivity contribution >= 4 is 22.5 Å². The molecule has 4 nitrogen and oxygen atoms in total. The van der Waals surface area contributed by atoms with Gasteiger partial charge in [0.15, 0.2) is 0 Å². The summed E-state index contributed by atoms with van der Waals surface area (Å²) in [6.07, 6.45) is -1.63. The molecule has 2 amide bonds. The van der Waals surface area contributed by atoms with E-state index < -0.39 is 23.6 Å². The number of carbonyl (C=O) groups excluding carboxylic acids is 1. The second-order valence-electron chi connectivity index (χ2n) is 5.61. The fourth-order valence-corrected chi connectivity index (χ4v) is 2.69. The zero-order chi connectivity index (χ0) is 18.9. The first-order chi connectivity index (χ1) is 12.3. The molecule has 2 aromatic carbocycles. The van der Waals surface area contributed by atoms with Crippen LogP contribution < -0.4 is 10.6 Å². The highest BCUT2D eigenvalue weighted by molar-refractivity contribution is 6.02. The summed E-state index contributed by atoms with van der Waals surface area (Å²) >= 11 is 0. The van der Waals surface area contributed by atoms with Crippen LogP contribution in [0.2, 0.25) is 0 Å². The molecule has 0 fully saturated rings. The number of alkyl halides is 3. The van der Waals surface area contributed by atoms with Crippen LogP contribution in [0.15, 0.2) is 54.9 Å². The van der Waals surface area contributed by atoms with E-state index in [-0.39, 0.29) is 12.1 Å². The van der Waals surface area contributed by atoms with Crippen LogP contribution in [-0.2, 0) is 12.7 Å². The third-order valence-corrected chi connectivity index (χ3v) is 3.89. The van der Waals surface area contributed by atoms with Gasteiger partial charge in [-0.1, -0.05) is 18.2 Å². The van der Waals surface area contributed by atoms with Crippen molar-refractivity contribution in [3.05, 3.63) is 71.8 Å². The molecule has 3 rings (SSSR count). The molecule has 0 unspecified atom stereocenters. The second kappa shape index (κ2) is 6.62. The summed E-state index contributed by atoms with van der Waals surface area (Å²) in [4.78, 5) is 17.1. The van der Waals surface area contributed by atoms with Crippen molar-refractivity contribution in [1.29, 1.82) is 0 Å². The number of rotatable bonds is 3. The predicted molar refractivity (Wildman–Crippen MR) is 88.9 cm³/mol. The largest absolute Gasteiger partial charge is 0.419 e. The number of primary amides is 1. The number of pyridine rings is 1. The number of urea groups is 1. The summed E-state index contributed by atoms with van der Waals surface area (Å²) in [6.45, 7) is -0.175. The first-order valence-corrected chi connectivity index (χ1v) is 7.52. The molecule has 0 aliphatic carbocycles. The summed E-state index contributed by atoms with van der Waals surface area (Å²) in [5, 5.41) is 1.45. The van der Waals surface area contributed by atoms with Gasteiger partial charge in [-0.25, -0.2) is 9.18 Å². The molecule has 0 saturated heterocycles. The third kappa shape index (κ3) is 3.44. The molecule has 0 aliphatic rings. The lowest BCUT2D eigenvalue weighted by atomic mass is 10.1. The molecular formula is C18H13F4N3O. The topological polar surface area (TPSA) is 59.2 Å². The number of hydrogen-bond acceptors (Lipinski definition) is 2. The minimum Gasteiger partial charge on any atom is -0.351 e. The number of benzene rings is 2. The summed E-state index contributed by atoms with van der Waals surface area (Å²) in [5.74, 6) is -1.40. The minimum absolute atomic E-state index is 0.175. The predicted octanol–water partition coefficient (Wildman–Crippen LogP) is 4.48. The van der Waals surface area contributed by atoms with Gasteiger partial charge in [0.2, 0.25) is 0 Å². The van der Waals surface area contributed by atoms with Crippen LogP contribution in [0, 0.1) is 5.82 Å². The zero-order valence-electron chi connectivity index (χ0n) is 13.3. The molecule has 1 heterocycles. The van der Waals surface area contributed by atoms with Gasteiger partial charge in [0.1, 0.15) is 5.82 Å². The smallest absolute Gasteiger partial charge is 0.351 e. The Morgan fingerprint density at radius 1 is 1.15 bits per heavy atom. The van der Waals surface area contributed by atoms with E-state index in [0.717, 1.165) is 17.5 Å². The van der Waals surface area contributed by atoms with Gasteiger partial charge in [-0.2, -0.15) is 13.2 Å². The summed E-state index contributed by atoms with van der Waals surface area (Å²) in [5.41, 5.74) is 4.72. The first-order valence-electron chi connectivity index (χ1n) is 7.52. The van der Waals surface area contributed by atoms with Crippen LogP contribution in [0.25, 0.3) is 10.8 Å². The van der Waals surface area contributed by atoms with Crippen LogP contribution in [0.3, 0.4) is 0 Å². The molecular weight excluding hydrogens is 350 g/mol. The van der Waals surface area contributed by atoms with Gasteiger partial charge in [0, 0.05) is 23.2 Å². The summed E-state index contributed by atoms with van der Waals surface area (Å²) < 4.78 is 51.8. The fraction of sp³-hybridized carbons (Fsp3) is 0.111. The van der Waals surface area contributed by atoms with Crippen LogP contribution in [0.1, 0.15) is 11.1 Å². The Kier molecular flexibility index (Phi) is 4.50. The molecule has 0 aliphatic heterocycles. The Hall–Kier alpha value is -3.16. The summed E-state index contributed by atoms with van der Waals surface area (Å²) in [6, 6.07) is 8.54. The lowest BCUT2D eigenvalue weighted by Crippen LogP contribution is -2.35. The van der Waals surface area contributed by atoms with E-state index >= 15 is 0 Å². The van der Waals surface area contributed by atoms with Gasteiger partial charge < -0.3 is 5.73 Å². The number of amides is 2. The van der Waals surface area contributed by atoms with E-state index in [9.17, 15) is 22.4 Å². The van der Waals surface area contributed by atoms with Crippen LogP contribution in [-0.4, -0.2) is 11.0 Å². The number of nitrogens with zero attached hydrogens (tertiary/aromatic N) is 2. The molecule has 0 atom stereocenters. The van der Waals surface area contributed by atoms with Gasteiger partial charge >= 0.3 is 12.2 Å². The second-order valence-corrected chi connectivity index (χ2v) is 5.61. The Balaban J connectivity index is 2.00. The first kappa shape index (κ1) is 17.7. The number of fused-ring (bicyclic) bond motifs is 1. The molecule has 3 aromatic rings. The van der Waals surface area contributed by atoms with E-state index in [2.05, 4.69) is 4.98 Å². The van der Waals surface area contributed by atoms with Gasteiger partial charge in [0.05, 0.1) is 17.8 Å². The maximum Gasteiger partial charge on any atom is 0.419 e. The molecule has 0 saturated carbocycles. The van der Waals surface area contributed by atoms with Crippen LogP contribution >= 0.6 is 0 Å². The molecule has 0 spiro atoms. The molecule has 0 bridgehead atoms. The van der Waals surface area contributed by atoms with Gasteiger partial charge in [-0.3, -0.25) is 9.88 Å². The van der Waals surface area contributed by atoms with Crippen molar-refractivity contribution in [3.63, 3.8) is 0 Å². The molecule has 8 heteroatoms. The van der Waals surface area contributed by atoms with E-state index in [1.165, 1.54) is 4.90 Å². The molecule has 1 aromatic heterocycles. The van der Waals surface area contributed by atoms with Crippen molar-refractivity contribution in [2.75, 3.05) is 4.90 Å². The average Bonchev–Trinajstić information content (AvgIpc) is 2.58. The third-order valence-electron chi connectivity index (χ3n) is 3.89. The fourth-order valence-electron chi connectivity index (χ4n) is 2.69. The van der Waals surface area contributed by atoms with Crippen molar-refractivity contribution in [2.45, 2.75) is 12.7 Å². The lowest BCUT2D eigenvalue weighted by Gasteiger charge is -2.22. The van der Waals surface area contributed by atoms with Crippen LogP contribution in [0.4, 0.5) is 28.0 Å². The highest BCUT2D eigenvalue weighted by Gasteiger charge is 2.34. The number of nitrogens with two attached hydrogens (primary N) is 1. The zero-order valence-corrected chi connectivity index (χ0v) is 13.3. The van der Waals surface area contributed by atoms with Crippen molar-refractivity contribution < 1.29 is 22.4 Å². The molecule has 26 heavy (non-hydrogen) atoms. The average molecular weight is 363 g/mol. The summed E-state index contributed by atoms with van der Waals surface area (Å²) in [7, 11) is 0. The lowest BCUT2D eigenvalue weighted by molar-refractivity contribution is -0.140. The quantitative estimate of drug-likeness (QED) is 0.698. The number of hydrogen-bond donors (Lipinski definition) is 1.